The van der Waals surface area contributed by atoms with Crippen LogP contribution in [0.25, 0.3) is 0 Å². The van der Waals surface area contributed by atoms with Gasteiger partial charge in [-0.15, -0.1) is 0 Å². The zero-order chi connectivity index (χ0) is 9.56. The Labute approximate surface area is 72.0 Å². The molecule has 70 valence electrons. The summed E-state index contributed by atoms with van der Waals surface area (Å²) in [4.78, 5) is 21.2. The molecule has 1 atom stereocenters. The Kier molecular flexibility index (Phi) is 5.08. The standard InChI is InChI=1S/C8H15NO3/c1-3-4-5-7(10)9-6(2)8(11)12/h6H,3-5H2,1-2H3,(H,9,10)(H,11,12)/t6-/m1/s1. The van der Waals surface area contributed by atoms with Gasteiger partial charge in [-0.3, -0.25) is 9.59 Å². The number of aliphatic carboxylic acids is 1. The number of carbonyl (C=O) groups is 2. The van der Waals surface area contributed by atoms with Crippen molar-refractivity contribution in [3.63, 3.8) is 0 Å². The smallest absolute Gasteiger partial charge is 0.325 e. The first kappa shape index (κ1) is 10.9. The van der Waals surface area contributed by atoms with Gasteiger partial charge in [0.2, 0.25) is 5.91 Å². The number of nitrogens with one attached hydrogen (secondary N) is 1. The van der Waals surface area contributed by atoms with E-state index in [1.54, 1.807) is 0 Å². The van der Waals surface area contributed by atoms with E-state index in [0.29, 0.717) is 6.42 Å². The largest absolute Gasteiger partial charge is 0.480 e. The summed E-state index contributed by atoms with van der Waals surface area (Å²) in [6.07, 6.45) is 2.15. The van der Waals surface area contributed by atoms with Crippen LogP contribution in [0.5, 0.6) is 0 Å². The Morgan fingerprint density at radius 2 is 2.08 bits per heavy atom. The molecule has 12 heavy (non-hydrogen) atoms. The number of carboxylic acids is 1. The number of carbonyl (C=O) groups excluding carboxylic acids is 1. The second-order valence-electron chi connectivity index (χ2n) is 2.73. The minimum absolute atomic E-state index is 0.188. The maximum atomic E-state index is 10.9. The summed E-state index contributed by atoms with van der Waals surface area (Å²) >= 11 is 0. The van der Waals surface area contributed by atoms with E-state index >= 15 is 0 Å². The zero-order valence-electron chi connectivity index (χ0n) is 7.46. The van der Waals surface area contributed by atoms with Crippen molar-refractivity contribution in [1.82, 2.24) is 5.32 Å². The summed E-state index contributed by atoms with van der Waals surface area (Å²) in [7, 11) is 0. The summed E-state index contributed by atoms with van der Waals surface area (Å²) in [6.45, 7) is 3.43. The molecule has 2 N–H and O–H groups in total. The Morgan fingerprint density at radius 1 is 1.50 bits per heavy atom. The highest BCUT2D eigenvalue weighted by Crippen LogP contribution is 1.94. The molecule has 0 aromatic rings. The van der Waals surface area contributed by atoms with E-state index < -0.39 is 12.0 Å². The van der Waals surface area contributed by atoms with Gasteiger partial charge < -0.3 is 10.4 Å². The number of hydrogen-bond acceptors (Lipinski definition) is 2. The lowest BCUT2D eigenvalue weighted by molar-refractivity contribution is -0.141. The molecule has 4 heteroatoms. The second kappa shape index (κ2) is 5.57. The van der Waals surface area contributed by atoms with Crippen LogP contribution in [-0.4, -0.2) is 23.0 Å². The highest BCUT2D eigenvalue weighted by Gasteiger charge is 2.12. The fourth-order valence-electron chi connectivity index (χ4n) is 0.713. The Morgan fingerprint density at radius 3 is 2.50 bits per heavy atom. The van der Waals surface area contributed by atoms with Crippen LogP contribution in [0.15, 0.2) is 0 Å². The van der Waals surface area contributed by atoms with E-state index in [1.807, 2.05) is 6.92 Å². The Bertz CT molecular complexity index is 168. The van der Waals surface area contributed by atoms with Crippen molar-refractivity contribution in [3.05, 3.63) is 0 Å². The zero-order valence-corrected chi connectivity index (χ0v) is 7.46. The van der Waals surface area contributed by atoms with Crippen LogP contribution in [0.1, 0.15) is 33.1 Å². The SMILES string of the molecule is CCCCC(=O)N[C@H](C)C(=O)O. The average Bonchev–Trinajstić information content (AvgIpc) is 2.00. The van der Waals surface area contributed by atoms with Crippen LogP contribution in [0.4, 0.5) is 0 Å². The molecule has 0 aliphatic carbocycles. The van der Waals surface area contributed by atoms with Crippen LogP contribution in [0.3, 0.4) is 0 Å². The number of hydrogen-bond donors (Lipinski definition) is 2. The van der Waals surface area contributed by atoms with Gasteiger partial charge in [0.1, 0.15) is 6.04 Å². The van der Waals surface area contributed by atoms with E-state index in [2.05, 4.69) is 5.32 Å². The predicted molar refractivity (Wildman–Crippen MR) is 44.8 cm³/mol. The van der Waals surface area contributed by atoms with Gasteiger partial charge in [-0.05, 0) is 13.3 Å². The van der Waals surface area contributed by atoms with E-state index in [0.717, 1.165) is 12.8 Å². The molecular weight excluding hydrogens is 158 g/mol. The maximum Gasteiger partial charge on any atom is 0.325 e. The van der Waals surface area contributed by atoms with E-state index in [1.165, 1.54) is 6.92 Å². The lowest BCUT2D eigenvalue weighted by Gasteiger charge is -2.07. The van der Waals surface area contributed by atoms with Crippen molar-refractivity contribution in [2.75, 3.05) is 0 Å². The molecule has 0 heterocycles. The van der Waals surface area contributed by atoms with E-state index in [-0.39, 0.29) is 5.91 Å². The van der Waals surface area contributed by atoms with Crippen LogP contribution < -0.4 is 5.32 Å². The fraction of sp³-hybridized carbons (Fsp3) is 0.750. The lowest BCUT2D eigenvalue weighted by Crippen LogP contribution is -2.38. The molecule has 0 spiro atoms. The number of carboxylic acid groups (broad SMARTS) is 1. The number of amides is 1. The van der Waals surface area contributed by atoms with Gasteiger partial charge in [0.15, 0.2) is 0 Å². The van der Waals surface area contributed by atoms with Crippen molar-refractivity contribution in [3.8, 4) is 0 Å². The van der Waals surface area contributed by atoms with Gasteiger partial charge in [-0.25, -0.2) is 0 Å². The van der Waals surface area contributed by atoms with Gasteiger partial charge in [-0.2, -0.15) is 0 Å². The Balaban J connectivity index is 3.61. The molecule has 4 nitrogen and oxygen atoms in total. The lowest BCUT2D eigenvalue weighted by atomic mass is 10.2. The van der Waals surface area contributed by atoms with Crippen molar-refractivity contribution in [2.45, 2.75) is 39.2 Å². The number of unbranched alkanes of at least 4 members (excludes halogenated alkanes) is 1. The number of rotatable bonds is 5. The fourth-order valence-corrected chi connectivity index (χ4v) is 0.713. The van der Waals surface area contributed by atoms with Crippen LogP contribution in [0, 0.1) is 0 Å². The molecule has 1 amide bonds. The molecule has 0 unspecified atom stereocenters. The second-order valence-corrected chi connectivity index (χ2v) is 2.73. The molecule has 0 saturated carbocycles. The summed E-state index contributed by atoms with van der Waals surface area (Å²) in [6, 6.07) is -0.783. The summed E-state index contributed by atoms with van der Waals surface area (Å²) < 4.78 is 0. The summed E-state index contributed by atoms with van der Waals surface area (Å²) in [5.74, 6) is -1.19. The van der Waals surface area contributed by atoms with Crippen molar-refractivity contribution in [1.29, 1.82) is 0 Å². The molecule has 0 aromatic heterocycles. The third kappa shape index (κ3) is 4.71. The normalized spacial score (nSPS) is 12.2. The van der Waals surface area contributed by atoms with Crippen LogP contribution in [-0.2, 0) is 9.59 Å². The molecule has 0 bridgehead atoms. The molecule has 0 aromatic carbocycles. The third-order valence-corrected chi connectivity index (χ3v) is 1.51. The maximum absolute atomic E-state index is 10.9. The minimum atomic E-state index is -1.00. The quantitative estimate of drug-likeness (QED) is 0.645. The average molecular weight is 173 g/mol. The van der Waals surface area contributed by atoms with Crippen molar-refractivity contribution in [2.24, 2.45) is 0 Å². The van der Waals surface area contributed by atoms with Crippen molar-refractivity contribution >= 4 is 11.9 Å². The van der Waals surface area contributed by atoms with Crippen LogP contribution in [0.2, 0.25) is 0 Å². The van der Waals surface area contributed by atoms with Gasteiger partial charge in [-0.1, -0.05) is 13.3 Å². The first-order valence-electron chi connectivity index (χ1n) is 4.10. The van der Waals surface area contributed by atoms with E-state index in [9.17, 15) is 9.59 Å². The molecular formula is C8H15NO3. The summed E-state index contributed by atoms with van der Waals surface area (Å²) in [5.41, 5.74) is 0. The molecule has 0 rings (SSSR count). The first-order chi connectivity index (χ1) is 5.57. The van der Waals surface area contributed by atoms with Gasteiger partial charge in [0.25, 0.3) is 0 Å². The molecule has 0 aliphatic heterocycles. The van der Waals surface area contributed by atoms with Gasteiger partial charge in [0, 0.05) is 6.42 Å². The topological polar surface area (TPSA) is 66.4 Å². The highest BCUT2D eigenvalue weighted by molar-refractivity contribution is 5.83. The van der Waals surface area contributed by atoms with Crippen molar-refractivity contribution < 1.29 is 14.7 Å². The molecule has 0 saturated heterocycles. The minimum Gasteiger partial charge on any atom is -0.480 e. The highest BCUT2D eigenvalue weighted by atomic mass is 16.4. The van der Waals surface area contributed by atoms with Gasteiger partial charge >= 0.3 is 5.97 Å². The molecule has 0 fully saturated rings. The third-order valence-electron chi connectivity index (χ3n) is 1.51. The van der Waals surface area contributed by atoms with E-state index in [4.69, 9.17) is 5.11 Å². The monoisotopic (exact) mass is 173 g/mol. The Hall–Kier alpha value is -1.06. The first-order valence-corrected chi connectivity index (χ1v) is 4.10. The van der Waals surface area contributed by atoms with Gasteiger partial charge in [0.05, 0.1) is 0 Å². The summed E-state index contributed by atoms with van der Waals surface area (Å²) in [5, 5.41) is 10.8. The molecule has 0 radical (unpaired) electrons. The predicted octanol–water partition coefficient (Wildman–Crippen LogP) is 0.766. The molecule has 0 aliphatic rings. The van der Waals surface area contributed by atoms with Crippen LogP contribution >= 0.6 is 0 Å².